The smallest absolute Gasteiger partial charge is 0.119 e. The van der Waals surface area contributed by atoms with Crippen molar-refractivity contribution in [2.24, 2.45) is 10.8 Å². The molecule has 82 valence electrons. The van der Waals surface area contributed by atoms with E-state index in [2.05, 4.69) is 33.0 Å². The zero-order valence-corrected chi connectivity index (χ0v) is 9.94. The number of hydrogen-bond acceptors (Lipinski definition) is 2. The molecule has 1 aliphatic heterocycles. The minimum atomic E-state index is 0.0129. The molecular formula is C12H23NO. The molecule has 0 radical (unpaired) electrons. The second-order valence-corrected chi connectivity index (χ2v) is 6.64. The van der Waals surface area contributed by atoms with E-state index in [4.69, 9.17) is 4.74 Å². The van der Waals surface area contributed by atoms with Gasteiger partial charge in [0.25, 0.3) is 0 Å². The van der Waals surface area contributed by atoms with Gasteiger partial charge in [0.05, 0.1) is 6.61 Å². The first-order chi connectivity index (χ1) is 6.33. The first-order valence-electron chi connectivity index (χ1n) is 5.72. The quantitative estimate of drug-likeness (QED) is 0.644. The Morgan fingerprint density at radius 3 is 2.14 bits per heavy atom. The predicted octanol–water partition coefficient (Wildman–Crippen LogP) is 2.54. The molecule has 1 N–H and O–H groups in total. The maximum Gasteiger partial charge on any atom is 0.119 e. The lowest BCUT2D eigenvalue weighted by Gasteiger charge is -2.43. The molecule has 2 rings (SSSR count). The van der Waals surface area contributed by atoms with Crippen LogP contribution < -0.4 is 5.32 Å². The van der Waals surface area contributed by atoms with E-state index < -0.39 is 0 Å². The molecule has 0 aromatic carbocycles. The molecule has 0 bridgehead atoms. The average Bonchev–Trinajstić information content (AvgIpc) is 2.36. The summed E-state index contributed by atoms with van der Waals surface area (Å²) in [7, 11) is 0. The second kappa shape index (κ2) is 2.96. The van der Waals surface area contributed by atoms with Crippen LogP contribution in [0.2, 0.25) is 0 Å². The van der Waals surface area contributed by atoms with Gasteiger partial charge < -0.3 is 4.74 Å². The number of hydrogen-bond donors (Lipinski definition) is 1. The number of ether oxygens (including phenoxy) is 1. The zero-order valence-electron chi connectivity index (χ0n) is 9.94. The maximum atomic E-state index is 6.07. The highest BCUT2D eigenvalue weighted by Gasteiger charge is 2.47. The Kier molecular flexibility index (Phi) is 2.20. The van der Waals surface area contributed by atoms with Crippen molar-refractivity contribution in [3.8, 4) is 0 Å². The molecule has 0 aromatic rings. The van der Waals surface area contributed by atoms with Gasteiger partial charge in [-0.15, -0.1) is 0 Å². The van der Waals surface area contributed by atoms with E-state index in [0.29, 0.717) is 10.8 Å². The van der Waals surface area contributed by atoms with Gasteiger partial charge in [0.1, 0.15) is 5.72 Å². The zero-order chi connectivity index (χ0) is 10.4. The topological polar surface area (TPSA) is 21.3 Å². The van der Waals surface area contributed by atoms with Crippen LogP contribution in [0.4, 0.5) is 0 Å². The van der Waals surface area contributed by atoms with Crippen molar-refractivity contribution in [2.45, 2.75) is 52.7 Å². The summed E-state index contributed by atoms with van der Waals surface area (Å²) in [6, 6.07) is 0. The molecule has 2 heteroatoms. The van der Waals surface area contributed by atoms with Gasteiger partial charge in [-0.3, -0.25) is 5.32 Å². The fourth-order valence-electron chi connectivity index (χ4n) is 2.60. The summed E-state index contributed by atoms with van der Waals surface area (Å²) in [6.07, 6.45) is 3.62. The van der Waals surface area contributed by atoms with Crippen LogP contribution in [-0.2, 0) is 4.74 Å². The van der Waals surface area contributed by atoms with E-state index >= 15 is 0 Å². The van der Waals surface area contributed by atoms with E-state index in [1.807, 2.05) is 0 Å². The van der Waals surface area contributed by atoms with Crippen molar-refractivity contribution in [3.63, 3.8) is 0 Å². The lowest BCUT2D eigenvalue weighted by atomic mass is 9.88. The Hall–Kier alpha value is -0.0800. The fraction of sp³-hybridized carbons (Fsp3) is 1.00. The molecule has 2 nitrogen and oxygen atoms in total. The largest absolute Gasteiger partial charge is 0.360 e. The molecule has 1 spiro atoms. The van der Waals surface area contributed by atoms with E-state index in [9.17, 15) is 0 Å². The first-order valence-corrected chi connectivity index (χ1v) is 5.72. The third-order valence-electron chi connectivity index (χ3n) is 3.60. The molecule has 1 unspecified atom stereocenters. The molecule has 14 heavy (non-hydrogen) atoms. The Balaban J connectivity index is 2.01. The van der Waals surface area contributed by atoms with Gasteiger partial charge in [0.15, 0.2) is 0 Å². The van der Waals surface area contributed by atoms with Crippen LogP contribution in [-0.4, -0.2) is 18.9 Å². The maximum absolute atomic E-state index is 6.07. The second-order valence-electron chi connectivity index (χ2n) is 6.64. The van der Waals surface area contributed by atoms with Gasteiger partial charge in [0.2, 0.25) is 0 Å². The SMILES string of the molecule is CC1(C)CNC2(CCC(C)(C)C2)OC1. The Bertz CT molecular complexity index is 222. The fourth-order valence-corrected chi connectivity index (χ4v) is 2.60. The van der Waals surface area contributed by atoms with Crippen molar-refractivity contribution < 1.29 is 4.74 Å². The summed E-state index contributed by atoms with van der Waals surface area (Å²) in [6.45, 7) is 11.2. The van der Waals surface area contributed by atoms with Crippen molar-refractivity contribution in [3.05, 3.63) is 0 Å². The molecule has 1 saturated carbocycles. The third-order valence-corrected chi connectivity index (χ3v) is 3.60. The lowest BCUT2D eigenvalue weighted by Crippen LogP contribution is -2.56. The monoisotopic (exact) mass is 197 g/mol. The highest BCUT2D eigenvalue weighted by molar-refractivity contribution is 4.97. The summed E-state index contributed by atoms with van der Waals surface area (Å²) in [4.78, 5) is 0. The van der Waals surface area contributed by atoms with Gasteiger partial charge in [0, 0.05) is 12.0 Å². The molecular weight excluding hydrogens is 174 g/mol. The van der Waals surface area contributed by atoms with Gasteiger partial charge in [-0.05, 0) is 24.7 Å². The van der Waals surface area contributed by atoms with Crippen molar-refractivity contribution in [1.82, 2.24) is 5.32 Å². The molecule has 1 aliphatic carbocycles. The Morgan fingerprint density at radius 2 is 1.71 bits per heavy atom. The highest BCUT2D eigenvalue weighted by Crippen LogP contribution is 2.46. The van der Waals surface area contributed by atoms with Gasteiger partial charge in [-0.2, -0.15) is 0 Å². The van der Waals surface area contributed by atoms with Crippen LogP contribution in [0.1, 0.15) is 47.0 Å². The number of rotatable bonds is 0. The van der Waals surface area contributed by atoms with Crippen molar-refractivity contribution >= 4 is 0 Å². The standard InChI is InChI=1S/C12H23NO/c1-10(2)5-6-12(7-10)13-8-11(3,4)9-14-12/h13H,5-9H2,1-4H3. The van der Waals surface area contributed by atoms with Crippen LogP contribution in [0.25, 0.3) is 0 Å². The van der Waals surface area contributed by atoms with Crippen LogP contribution in [0, 0.1) is 10.8 Å². The molecule has 2 aliphatic rings. The predicted molar refractivity (Wildman–Crippen MR) is 58.1 cm³/mol. The number of nitrogens with one attached hydrogen (secondary N) is 1. The van der Waals surface area contributed by atoms with E-state index in [-0.39, 0.29) is 5.72 Å². The molecule has 0 aromatic heterocycles. The third kappa shape index (κ3) is 1.96. The average molecular weight is 197 g/mol. The molecule has 1 heterocycles. The van der Waals surface area contributed by atoms with Crippen LogP contribution in [0.5, 0.6) is 0 Å². The Labute approximate surface area is 87.4 Å². The Morgan fingerprint density at radius 1 is 1.00 bits per heavy atom. The van der Waals surface area contributed by atoms with E-state index in [1.165, 1.54) is 12.8 Å². The van der Waals surface area contributed by atoms with Crippen LogP contribution in [0.3, 0.4) is 0 Å². The summed E-state index contributed by atoms with van der Waals surface area (Å²) in [5.41, 5.74) is 0.769. The molecule has 2 fully saturated rings. The highest BCUT2D eigenvalue weighted by atomic mass is 16.5. The lowest BCUT2D eigenvalue weighted by molar-refractivity contribution is -0.136. The summed E-state index contributed by atoms with van der Waals surface area (Å²) in [5.74, 6) is 0. The summed E-state index contributed by atoms with van der Waals surface area (Å²) in [5, 5.41) is 3.62. The normalized spacial score (nSPS) is 40.3. The van der Waals surface area contributed by atoms with E-state index in [0.717, 1.165) is 19.6 Å². The molecule has 1 atom stereocenters. The first kappa shape index (κ1) is 10.4. The van der Waals surface area contributed by atoms with Gasteiger partial charge >= 0.3 is 0 Å². The molecule has 1 saturated heterocycles. The van der Waals surface area contributed by atoms with Crippen molar-refractivity contribution in [1.29, 1.82) is 0 Å². The minimum absolute atomic E-state index is 0.0129. The van der Waals surface area contributed by atoms with E-state index in [1.54, 1.807) is 0 Å². The van der Waals surface area contributed by atoms with Crippen LogP contribution >= 0.6 is 0 Å². The van der Waals surface area contributed by atoms with Gasteiger partial charge in [-0.25, -0.2) is 0 Å². The van der Waals surface area contributed by atoms with Crippen LogP contribution in [0.15, 0.2) is 0 Å². The molecule has 0 amide bonds. The van der Waals surface area contributed by atoms with Gasteiger partial charge in [-0.1, -0.05) is 27.7 Å². The summed E-state index contributed by atoms with van der Waals surface area (Å²) >= 11 is 0. The van der Waals surface area contributed by atoms with Crippen molar-refractivity contribution in [2.75, 3.05) is 13.2 Å². The summed E-state index contributed by atoms with van der Waals surface area (Å²) < 4.78 is 6.07. The minimum Gasteiger partial charge on any atom is -0.360 e.